The molecule has 0 saturated carbocycles. The minimum absolute atomic E-state index is 0.0279. The monoisotopic (exact) mass is 219 g/mol. The second kappa shape index (κ2) is 4.63. The number of benzene rings is 1. The Labute approximate surface area is 85.9 Å². The first kappa shape index (κ1) is 12.0. The average Bonchev–Trinajstić information content (AvgIpc) is 2.12. The Hall–Kier alpha value is -1.07. The van der Waals surface area contributed by atoms with Crippen molar-refractivity contribution >= 4 is 0 Å². The molecular formula is C10H12F3NO. The molecular weight excluding hydrogens is 207 g/mol. The molecule has 1 N–H and O–H groups in total. The highest BCUT2D eigenvalue weighted by atomic mass is 19.2. The number of halogens is 3. The second-order valence-corrected chi connectivity index (χ2v) is 3.58. The summed E-state index contributed by atoms with van der Waals surface area (Å²) in [6, 6.07) is 1.60. The van der Waals surface area contributed by atoms with E-state index in [1.165, 1.54) is 0 Å². The van der Waals surface area contributed by atoms with Crippen LogP contribution in [0.5, 0.6) is 0 Å². The predicted octanol–water partition coefficient (Wildman–Crippen LogP) is 1.70. The zero-order valence-electron chi connectivity index (χ0n) is 8.47. The van der Waals surface area contributed by atoms with Gasteiger partial charge in [0, 0.05) is 6.54 Å². The van der Waals surface area contributed by atoms with Crippen molar-refractivity contribution in [3.05, 3.63) is 35.1 Å². The molecule has 1 aromatic rings. The highest BCUT2D eigenvalue weighted by Gasteiger charge is 2.15. The maximum Gasteiger partial charge on any atom is 0.194 e. The van der Waals surface area contributed by atoms with Gasteiger partial charge < -0.3 is 10.0 Å². The molecule has 0 radical (unpaired) electrons. The normalized spacial score (nSPS) is 13.3. The quantitative estimate of drug-likeness (QED) is 0.782. The third-order valence-electron chi connectivity index (χ3n) is 1.93. The molecule has 0 unspecified atom stereocenters. The first-order valence-corrected chi connectivity index (χ1v) is 4.39. The van der Waals surface area contributed by atoms with E-state index in [1.807, 2.05) is 0 Å². The molecule has 1 atom stereocenters. The molecule has 0 heterocycles. The fourth-order valence-electron chi connectivity index (χ4n) is 1.22. The van der Waals surface area contributed by atoms with Gasteiger partial charge in [0.05, 0.1) is 6.10 Å². The van der Waals surface area contributed by atoms with Gasteiger partial charge in [0.15, 0.2) is 17.5 Å². The summed E-state index contributed by atoms with van der Waals surface area (Å²) in [6.07, 6.45) is -1.04. The Kier molecular flexibility index (Phi) is 3.71. The number of aliphatic hydroxyl groups is 1. The van der Waals surface area contributed by atoms with Crippen LogP contribution >= 0.6 is 0 Å². The molecule has 1 rings (SSSR count). The average molecular weight is 219 g/mol. The van der Waals surface area contributed by atoms with Crippen LogP contribution in [0.4, 0.5) is 13.2 Å². The van der Waals surface area contributed by atoms with Gasteiger partial charge in [-0.15, -0.1) is 0 Å². The first-order valence-electron chi connectivity index (χ1n) is 4.39. The van der Waals surface area contributed by atoms with Crippen molar-refractivity contribution in [2.45, 2.75) is 6.10 Å². The van der Waals surface area contributed by atoms with Crippen LogP contribution in [0.2, 0.25) is 0 Å². The lowest BCUT2D eigenvalue weighted by Gasteiger charge is -2.16. The topological polar surface area (TPSA) is 23.5 Å². The van der Waals surface area contributed by atoms with Crippen LogP contribution in [-0.2, 0) is 0 Å². The van der Waals surface area contributed by atoms with Crippen molar-refractivity contribution in [3.8, 4) is 0 Å². The molecule has 0 amide bonds. The molecule has 0 aliphatic heterocycles. The van der Waals surface area contributed by atoms with E-state index in [0.717, 1.165) is 12.1 Å². The minimum Gasteiger partial charge on any atom is -0.387 e. The Morgan fingerprint density at radius 2 is 1.67 bits per heavy atom. The van der Waals surface area contributed by atoms with E-state index in [9.17, 15) is 18.3 Å². The molecule has 2 nitrogen and oxygen atoms in total. The molecule has 0 bridgehead atoms. The molecule has 0 fully saturated rings. The lowest BCUT2D eigenvalue weighted by molar-refractivity contribution is 0.137. The lowest BCUT2D eigenvalue weighted by atomic mass is 10.1. The Morgan fingerprint density at radius 1 is 1.20 bits per heavy atom. The molecule has 0 aromatic heterocycles. The number of hydrogen-bond acceptors (Lipinski definition) is 2. The summed E-state index contributed by atoms with van der Waals surface area (Å²) >= 11 is 0. The molecule has 0 aliphatic rings. The van der Waals surface area contributed by atoms with Crippen molar-refractivity contribution in [1.29, 1.82) is 0 Å². The zero-order chi connectivity index (χ0) is 11.6. The van der Waals surface area contributed by atoms with Crippen LogP contribution in [0, 0.1) is 17.5 Å². The van der Waals surface area contributed by atoms with Crippen molar-refractivity contribution in [2.75, 3.05) is 20.6 Å². The maximum absolute atomic E-state index is 12.8. The van der Waals surface area contributed by atoms with Crippen molar-refractivity contribution in [3.63, 3.8) is 0 Å². The van der Waals surface area contributed by atoms with Gasteiger partial charge >= 0.3 is 0 Å². The number of aliphatic hydroxyl groups excluding tert-OH is 1. The second-order valence-electron chi connectivity index (χ2n) is 3.58. The zero-order valence-corrected chi connectivity index (χ0v) is 8.47. The highest BCUT2D eigenvalue weighted by molar-refractivity contribution is 5.21. The number of rotatable bonds is 3. The van der Waals surface area contributed by atoms with Gasteiger partial charge in [-0.05, 0) is 31.8 Å². The van der Waals surface area contributed by atoms with Gasteiger partial charge in [0.1, 0.15) is 0 Å². The van der Waals surface area contributed by atoms with E-state index < -0.39 is 23.6 Å². The van der Waals surface area contributed by atoms with Crippen LogP contribution < -0.4 is 0 Å². The van der Waals surface area contributed by atoms with E-state index in [1.54, 1.807) is 19.0 Å². The van der Waals surface area contributed by atoms with E-state index in [4.69, 9.17) is 0 Å². The maximum atomic E-state index is 12.8. The fraction of sp³-hybridized carbons (Fsp3) is 0.400. The van der Waals surface area contributed by atoms with Gasteiger partial charge in [0.2, 0.25) is 0 Å². The third kappa shape index (κ3) is 2.94. The number of nitrogens with zero attached hydrogens (tertiary/aromatic N) is 1. The number of likely N-dealkylation sites (N-methyl/N-ethyl adjacent to an activating group) is 1. The molecule has 5 heteroatoms. The van der Waals surface area contributed by atoms with Gasteiger partial charge in [0.25, 0.3) is 0 Å². The summed E-state index contributed by atoms with van der Waals surface area (Å²) in [6.45, 7) is 0.213. The molecule has 0 spiro atoms. The van der Waals surface area contributed by atoms with Crippen LogP contribution in [0.1, 0.15) is 11.7 Å². The van der Waals surface area contributed by atoms with E-state index >= 15 is 0 Å². The Balaban J connectivity index is 2.95. The van der Waals surface area contributed by atoms with E-state index in [2.05, 4.69) is 0 Å². The predicted molar refractivity (Wildman–Crippen MR) is 49.8 cm³/mol. The molecule has 84 valence electrons. The molecule has 1 aromatic carbocycles. The van der Waals surface area contributed by atoms with E-state index in [0.29, 0.717) is 0 Å². The molecule has 0 saturated heterocycles. The van der Waals surface area contributed by atoms with Gasteiger partial charge in [-0.2, -0.15) is 0 Å². The fourth-order valence-corrected chi connectivity index (χ4v) is 1.22. The number of hydrogen-bond donors (Lipinski definition) is 1. The lowest BCUT2D eigenvalue weighted by Crippen LogP contribution is -2.20. The van der Waals surface area contributed by atoms with Gasteiger partial charge in [-0.25, -0.2) is 13.2 Å². The minimum atomic E-state index is -1.52. The summed E-state index contributed by atoms with van der Waals surface area (Å²) in [5.74, 6) is -4.10. The summed E-state index contributed by atoms with van der Waals surface area (Å²) in [5.41, 5.74) is 0.0279. The van der Waals surface area contributed by atoms with Crippen molar-refractivity contribution < 1.29 is 18.3 Å². The SMILES string of the molecule is CN(C)C[C@@H](O)c1cc(F)c(F)c(F)c1. The summed E-state index contributed by atoms with van der Waals surface area (Å²) in [5, 5.41) is 9.53. The third-order valence-corrected chi connectivity index (χ3v) is 1.93. The summed E-state index contributed by atoms with van der Waals surface area (Å²) < 4.78 is 38.2. The van der Waals surface area contributed by atoms with Gasteiger partial charge in [-0.1, -0.05) is 0 Å². The standard InChI is InChI=1S/C10H12F3NO/c1-14(2)5-9(15)6-3-7(11)10(13)8(12)4-6/h3-4,9,15H,5H2,1-2H3/t9-/m1/s1. The van der Waals surface area contributed by atoms with Crippen LogP contribution in [0.15, 0.2) is 12.1 Å². The molecule has 0 aliphatic carbocycles. The Bertz CT molecular complexity index is 332. The summed E-state index contributed by atoms with van der Waals surface area (Å²) in [7, 11) is 3.42. The smallest absolute Gasteiger partial charge is 0.194 e. The molecule has 15 heavy (non-hydrogen) atoms. The highest BCUT2D eigenvalue weighted by Crippen LogP contribution is 2.19. The van der Waals surface area contributed by atoms with Crippen LogP contribution in [-0.4, -0.2) is 30.6 Å². The van der Waals surface area contributed by atoms with Gasteiger partial charge in [-0.3, -0.25) is 0 Å². The Morgan fingerprint density at radius 3 is 2.07 bits per heavy atom. The van der Waals surface area contributed by atoms with E-state index in [-0.39, 0.29) is 12.1 Å². The van der Waals surface area contributed by atoms with Crippen LogP contribution in [0.3, 0.4) is 0 Å². The van der Waals surface area contributed by atoms with Crippen molar-refractivity contribution in [2.24, 2.45) is 0 Å². The van der Waals surface area contributed by atoms with Crippen molar-refractivity contribution in [1.82, 2.24) is 4.90 Å². The largest absolute Gasteiger partial charge is 0.387 e. The summed E-state index contributed by atoms with van der Waals surface area (Å²) in [4.78, 5) is 1.66. The first-order chi connectivity index (χ1) is 6.91. The van der Waals surface area contributed by atoms with Crippen LogP contribution in [0.25, 0.3) is 0 Å².